The van der Waals surface area contributed by atoms with E-state index in [0.717, 1.165) is 0 Å². The van der Waals surface area contributed by atoms with E-state index in [9.17, 15) is 26.7 Å². The molecule has 0 aromatic carbocycles. The molecule has 1 aromatic rings. The molecular weight excluding hydrogens is 313 g/mol. The molecule has 0 saturated carbocycles. The Balaban J connectivity index is 3.39. The molecule has 1 N–H and O–H groups in total. The number of carbonyl (C=O) groups is 1. The van der Waals surface area contributed by atoms with Crippen molar-refractivity contribution in [2.75, 3.05) is 0 Å². The molecule has 0 radical (unpaired) electrons. The number of ether oxygens (including phenoxy) is 1. The van der Waals surface area contributed by atoms with Crippen molar-refractivity contribution in [2.24, 2.45) is 0 Å². The van der Waals surface area contributed by atoms with Crippen LogP contribution in [0.25, 0.3) is 0 Å². The van der Waals surface area contributed by atoms with Gasteiger partial charge in [-0.15, -0.1) is 24.8 Å². The van der Waals surface area contributed by atoms with E-state index in [1.807, 2.05) is 0 Å². The molecule has 0 aliphatic heterocycles. The highest BCUT2D eigenvalue weighted by atomic mass is 35.5. The maximum atomic E-state index is 12.7. The number of aliphatic carboxylic acids is 1. The summed E-state index contributed by atoms with van der Waals surface area (Å²) in [5.41, 5.74) is -1.85. The summed E-state index contributed by atoms with van der Waals surface area (Å²) in [4.78, 5) is 13.8. The molecule has 1 rings (SSSR count). The Bertz CT molecular complexity index is 506. The molecule has 0 atom stereocenters. The van der Waals surface area contributed by atoms with Crippen LogP contribution < -0.4 is 4.74 Å². The predicted molar refractivity (Wildman–Crippen MR) is 56.8 cm³/mol. The lowest BCUT2D eigenvalue weighted by Crippen LogP contribution is -2.20. The van der Waals surface area contributed by atoms with E-state index in [4.69, 9.17) is 16.7 Å². The first-order valence-electron chi connectivity index (χ1n) is 4.98. The third kappa shape index (κ3) is 4.19. The quantitative estimate of drug-likeness (QED) is 0.668. The minimum atomic E-state index is -5.10. The molecule has 0 unspecified atom stereocenters. The number of hydrogen-bond donors (Lipinski definition) is 1. The standard InChI is InChI=1S/C10H7ClF5NO3/c11-2-5-4(1-7(18)19)6(8(12)13)3-17-9(5)20-10(14,15)16/h3,8H,1-2H2,(H,18,19). The van der Waals surface area contributed by atoms with Gasteiger partial charge in [-0.1, -0.05) is 0 Å². The number of rotatable bonds is 5. The van der Waals surface area contributed by atoms with E-state index in [1.54, 1.807) is 0 Å². The molecule has 0 aliphatic rings. The minimum absolute atomic E-state index is 0.445. The first-order valence-corrected chi connectivity index (χ1v) is 5.51. The predicted octanol–water partition coefficient (Wildman–Crippen LogP) is 3.28. The Kier molecular flexibility index (Phi) is 5.09. The van der Waals surface area contributed by atoms with Crippen molar-refractivity contribution in [1.82, 2.24) is 4.98 Å². The van der Waals surface area contributed by atoms with Gasteiger partial charge in [0.05, 0.1) is 12.3 Å². The van der Waals surface area contributed by atoms with Crippen LogP contribution in [0.4, 0.5) is 22.0 Å². The van der Waals surface area contributed by atoms with Gasteiger partial charge >= 0.3 is 12.3 Å². The van der Waals surface area contributed by atoms with Gasteiger partial charge in [0.25, 0.3) is 6.43 Å². The van der Waals surface area contributed by atoms with Crippen LogP contribution in [-0.4, -0.2) is 22.4 Å². The van der Waals surface area contributed by atoms with Gasteiger partial charge in [-0.25, -0.2) is 13.8 Å². The number of carboxylic acid groups (broad SMARTS) is 1. The van der Waals surface area contributed by atoms with Gasteiger partial charge < -0.3 is 9.84 Å². The van der Waals surface area contributed by atoms with Gasteiger partial charge in [0.2, 0.25) is 5.88 Å². The Hall–Kier alpha value is -1.64. The number of nitrogens with zero attached hydrogens (tertiary/aromatic N) is 1. The Morgan fingerprint density at radius 1 is 1.40 bits per heavy atom. The lowest BCUT2D eigenvalue weighted by Gasteiger charge is -2.16. The summed E-state index contributed by atoms with van der Waals surface area (Å²) >= 11 is 5.40. The van der Waals surface area contributed by atoms with Gasteiger partial charge in [0.1, 0.15) is 0 Å². The Morgan fingerprint density at radius 2 is 2.00 bits per heavy atom. The van der Waals surface area contributed by atoms with Crippen molar-refractivity contribution < 1.29 is 36.6 Å². The van der Waals surface area contributed by atoms with E-state index in [0.29, 0.717) is 6.20 Å². The van der Waals surface area contributed by atoms with Crippen LogP contribution >= 0.6 is 11.6 Å². The molecule has 0 saturated heterocycles. The maximum absolute atomic E-state index is 12.7. The minimum Gasteiger partial charge on any atom is -0.481 e. The van der Waals surface area contributed by atoms with Gasteiger partial charge in [-0.3, -0.25) is 4.79 Å². The summed E-state index contributed by atoms with van der Waals surface area (Å²) in [6, 6.07) is 0. The fourth-order valence-electron chi connectivity index (χ4n) is 1.47. The summed E-state index contributed by atoms with van der Waals surface area (Å²) < 4.78 is 65.4. The summed E-state index contributed by atoms with van der Waals surface area (Å²) in [5.74, 6) is -3.18. The van der Waals surface area contributed by atoms with Gasteiger partial charge in [0, 0.05) is 17.3 Å². The monoisotopic (exact) mass is 319 g/mol. The zero-order chi connectivity index (χ0) is 15.5. The van der Waals surface area contributed by atoms with E-state index in [2.05, 4.69) is 9.72 Å². The average Bonchev–Trinajstić information content (AvgIpc) is 2.25. The van der Waals surface area contributed by atoms with Crippen LogP contribution in [0.5, 0.6) is 5.88 Å². The van der Waals surface area contributed by atoms with Crippen LogP contribution in [0.15, 0.2) is 6.20 Å². The highest BCUT2D eigenvalue weighted by Crippen LogP contribution is 2.33. The molecular formula is C10H7ClF5NO3. The van der Waals surface area contributed by atoms with Crippen molar-refractivity contribution >= 4 is 17.6 Å². The highest BCUT2D eigenvalue weighted by Gasteiger charge is 2.34. The fraction of sp³-hybridized carbons (Fsp3) is 0.400. The molecule has 0 aliphatic carbocycles. The largest absolute Gasteiger partial charge is 0.574 e. The van der Waals surface area contributed by atoms with Crippen LogP contribution in [0.3, 0.4) is 0 Å². The third-order valence-electron chi connectivity index (χ3n) is 2.20. The number of aromatic nitrogens is 1. The molecule has 20 heavy (non-hydrogen) atoms. The summed E-state index contributed by atoms with van der Waals surface area (Å²) in [6.45, 7) is 0. The van der Waals surface area contributed by atoms with E-state index in [1.165, 1.54) is 0 Å². The Morgan fingerprint density at radius 3 is 2.40 bits per heavy atom. The molecule has 0 spiro atoms. The second-order valence-corrected chi connectivity index (χ2v) is 3.80. The second kappa shape index (κ2) is 6.21. The van der Waals surface area contributed by atoms with Gasteiger partial charge in [-0.05, 0) is 5.56 Å². The van der Waals surface area contributed by atoms with Crippen molar-refractivity contribution in [3.05, 3.63) is 22.9 Å². The molecule has 1 aromatic heterocycles. The van der Waals surface area contributed by atoms with E-state index < -0.39 is 53.6 Å². The van der Waals surface area contributed by atoms with Crippen molar-refractivity contribution in [2.45, 2.75) is 25.1 Å². The summed E-state index contributed by atoms with van der Waals surface area (Å²) in [7, 11) is 0. The number of alkyl halides is 6. The highest BCUT2D eigenvalue weighted by molar-refractivity contribution is 6.17. The van der Waals surface area contributed by atoms with Crippen molar-refractivity contribution in [3.8, 4) is 5.88 Å². The fourth-order valence-corrected chi connectivity index (χ4v) is 1.75. The Labute approximate surface area is 114 Å². The van der Waals surface area contributed by atoms with Crippen LogP contribution in [0.1, 0.15) is 23.1 Å². The first kappa shape index (κ1) is 16.4. The molecule has 0 fully saturated rings. The van der Waals surface area contributed by atoms with E-state index in [-0.39, 0.29) is 0 Å². The maximum Gasteiger partial charge on any atom is 0.574 e. The normalized spacial score (nSPS) is 11.8. The lowest BCUT2D eigenvalue weighted by atomic mass is 10.0. The van der Waals surface area contributed by atoms with Crippen LogP contribution in [0, 0.1) is 0 Å². The third-order valence-corrected chi connectivity index (χ3v) is 2.47. The van der Waals surface area contributed by atoms with Crippen LogP contribution in [-0.2, 0) is 17.1 Å². The first-order chi connectivity index (χ1) is 9.15. The van der Waals surface area contributed by atoms with Crippen molar-refractivity contribution in [3.63, 3.8) is 0 Å². The van der Waals surface area contributed by atoms with E-state index >= 15 is 0 Å². The molecule has 0 amide bonds. The summed E-state index contributed by atoms with van der Waals surface area (Å²) in [5, 5.41) is 8.65. The molecule has 112 valence electrons. The number of pyridine rings is 1. The molecule has 0 bridgehead atoms. The molecule has 10 heteroatoms. The molecule has 1 heterocycles. The van der Waals surface area contributed by atoms with Gasteiger partial charge in [0.15, 0.2) is 0 Å². The smallest absolute Gasteiger partial charge is 0.481 e. The number of halogens is 6. The van der Waals surface area contributed by atoms with Gasteiger partial charge in [-0.2, -0.15) is 0 Å². The number of carboxylic acids is 1. The average molecular weight is 320 g/mol. The zero-order valence-corrected chi connectivity index (χ0v) is 10.3. The number of hydrogen-bond acceptors (Lipinski definition) is 3. The zero-order valence-electron chi connectivity index (χ0n) is 9.55. The summed E-state index contributed by atoms with van der Waals surface area (Å²) in [6.07, 6.45) is -8.67. The van der Waals surface area contributed by atoms with Crippen LogP contribution in [0.2, 0.25) is 0 Å². The second-order valence-electron chi connectivity index (χ2n) is 3.53. The lowest BCUT2D eigenvalue weighted by molar-refractivity contribution is -0.276. The van der Waals surface area contributed by atoms with Crippen molar-refractivity contribution in [1.29, 1.82) is 0 Å². The molecule has 4 nitrogen and oxygen atoms in total. The topological polar surface area (TPSA) is 59.4 Å². The SMILES string of the molecule is O=C(O)Cc1c(C(F)F)cnc(OC(F)(F)F)c1CCl.